The van der Waals surface area contributed by atoms with Gasteiger partial charge in [0.2, 0.25) is 0 Å². The molecule has 0 heterocycles. The summed E-state index contributed by atoms with van der Waals surface area (Å²) in [5, 5.41) is 21.6. The third-order valence-corrected chi connectivity index (χ3v) is 6.51. The van der Waals surface area contributed by atoms with Crippen LogP contribution in [0.5, 0.6) is 0 Å². The van der Waals surface area contributed by atoms with Gasteiger partial charge in [0.05, 0.1) is 37.6 Å². The zero-order chi connectivity index (χ0) is 20.0. The van der Waals surface area contributed by atoms with Gasteiger partial charge in [-0.05, 0) is 74.2 Å². The smallest absolute Gasteiger partial charge is 0.337 e. The van der Waals surface area contributed by atoms with Crippen LogP contribution in [0.15, 0.2) is 0 Å². The van der Waals surface area contributed by atoms with Crippen LogP contribution >= 0.6 is 67.8 Å². The van der Waals surface area contributed by atoms with Crippen LogP contribution in [0.1, 0.15) is 40.0 Å². The van der Waals surface area contributed by atoms with Crippen molar-refractivity contribution < 1.29 is 34.1 Å². The first-order valence-electron chi connectivity index (χ1n) is 7.11. The molecule has 0 radical (unpaired) electrons. The van der Waals surface area contributed by atoms with Gasteiger partial charge in [0.15, 0.2) is 5.78 Å². The van der Waals surface area contributed by atoms with Gasteiger partial charge in [-0.1, -0.05) is 0 Å². The minimum absolute atomic E-state index is 0.105. The van der Waals surface area contributed by atoms with Gasteiger partial charge in [-0.15, -0.1) is 0 Å². The van der Waals surface area contributed by atoms with Gasteiger partial charge in [-0.2, -0.15) is 0 Å². The number of benzene rings is 1. The number of hydrogen-bond acceptors (Lipinski definition) is 6. The van der Waals surface area contributed by atoms with Crippen molar-refractivity contribution in [1.29, 1.82) is 0 Å². The molecule has 1 aromatic rings. The first-order valence-corrected chi connectivity index (χ1v) is 10.3. The molecule has 0 spiro atoms. The van der Waals surface area contributed by atoms with E-state index in [2.05, 4.69) is 10.1 Å². The number of aromatic carboxylic acids is 2. The Morgan fingerprint density at radius 3 is 1.85 bits per heavy atom. The van der Waals surface area contributed by atoms with Crippen LogP contribution in [-0.4, -0.2) is 47.6 Å². The summed E-state index contributed by atoms with van der Waals surface area (Å²) in [5.41, 5.74) is 0.0528. The number of hydrogen-bond donors (Lipinski definition) is 3. The highest BCUT2D eigenvalue weighted by Crippen LogP contribution is 2.35. The van der Waals surface area contributed by atoms with E-state index in [-0.39, 0.29) is 39.9 Å². The van der Waals surface area contributed by atoms with Crippen molar-refractivity contribution in [2.24, 2.45) is 0 Å². The van der Waals surface area contributed by atoms with Crippen LogP contribution in [0.25, 0.3) is 0 Å². The average Bonchev–Trinajstić information content (AvgIpc) is 2.53. The average molecular weight is 701 g/mol. The number of ether oxygens (including phenoxy) is 1. The molecule has 1 aromatic carbocycles. The Morgan fingerprint density at radius 1 is 0.923 bits per heavy atom. The fourth-order valence-corrected chi connectivity index (χ4v) is 6.47. The maximum atomic E-state index is 12.0. The molecule has 0 saturated heterocycles. The molecule has 142 valence electrons. The molecule has 26 heavy (non-hydrogen) atoms. The molecule has 3 N–H and O–H groups in total. The molecule has 1 rings (SSSR count). The van der Waals surface area contributed by atoms with Crippen molar-refractivity contribution in [3.8, 4) is 0 Å². The number of esters is 1. The summed E-state index contributed by atoms with van der Waals surface area (Å²) in [6, 6.07) is 0. The molecule has 0 unspecified atom stereocenters. The lowest BCUT2D eigenvalue weighted by atomic mass is 10.1. The number of methoxy groups -OCH3 is 1. The number of carboxylic acids is 2. The normalized spacial score (nSPS) is 10.3. The maximum absolute atomic E-state index is 12.0. The molecule has 0 aliphatic carbocycles. The van der Waals surface area contributed by atoms with Gasteiger partial charge < -0.3 is 20.3 Å². The molecule has 0 fully saturated rings. The summed E-state index contributed by atoms with van der Waals surface area (Å²) in [4.78, 5) is 46.0. The number of anilines is 1. The van der Waals surface area contributed by atoms with Crippen LogP contribution in [-0.2, 0) is 14.3 Å². The van der Waals surface area contributed by atoms with Crippen molar-refractivity contribution in [2.75, 3.05) is 19.0 Å². The molecule has 0 aliphatic rings. The molecule has 0 bridgehead atoms. The van der Waals surface area contributed by atoms with E-state index in [4.69, 9.17) is 0 Å². The first-order chi connectivity index (χ1) is 12.1. The molecule has 0 aliphatic heterocycles. The van der Waals surface area contributed by atoms with Gasteiger partial charge in [-0.3, -0.25) is 9.59 Å². The first kappa shape index (κ1) is 23.3. The van der Waals surface area contributed by atoms with Crippen molar-refractivity contribution in [3.63, 3.8) is 0 Å². The van der Waals surface area contributed by atoms with Crippen molar-refractivity contribution >= 4 is 97.2 Å². The fourth-order valence-electron chi connectivity index (χ4n) is 2.00. The van der Waals surface area contributed by atoms with E-state index in [1.807, 2.05) is 45.2 Å². The van der Waals surface area contributed by atoms with Gasteiger partial charge in [0.25, 0.3) is 0 Å². The highest BCUT2D eigenvalue weighted by Gasteiger charge is 2.27. The van der Waals surface area contributed by atoms with E-state index in [9.17, 15) is 29.4 Å². The fraction of sp³-hybridized carbons (Fsp3) is 0.333. The summed E-state index contributed by atoms with van der Waals surface area (Å²) in [6.07, 6.45) is 0.624. The molecule has 0 amide bonds. The van der Waals surface area contributed by atoms with Crippen molar-refractivity contribution in [2.45, 2.75) is 19.3 Å². The standard InChI is InChI=1S/C15H14I3NO7/c1-26-7(21)4-2-3-6(20)5-19-13-11(17)8(14(22)23)10(16)9(12(13)18)15(24)25/h19H,2-5H2,1H3,(H,22,23)(H,24,25). The van der Waals surface area contributed by atoms with Gasteiger partial charge in [0.1, 0.15) is 0 Å². The monoisotopic (exact) mass is 701 g/mol. The largest absolute Gasteiger partial charge is 0.478 e. The van der Waals surface area contributed by atoms with E-state index >= 15 is 0 Å². The van der Waals surface area contributed by atoms with Gasteiger partial charge in [-0.25, -0.2) is 9.59 Å². The lowest BCUT2D eigenvalue weighted by molar-refractivity contribution is -0.140. The maximum Gasteiger partial charge on any atom is 0.337 e. The highest BCUT2D eigenvalue weighted by molar-refractivity contribution is 14.1. The van der Waals surface area contributed by atoms with E-state index in [1.54, 1.807) is 22.6 Å². The van der Waals surface area contributed by atoms with Crippen LogP contribution in [0.3, 0.4) is 0 Å². The summed E-state index contributed by atoms with van der Waals surface area (Å²) in [6.45, 7) is -0.105. The van der Waals surface area contributed by atoms with Gasteiger partial charge >= 0.3 is 17.9 Å². The van der Waals surface area contributed by atoms with E-state index < -0.39 is 17.9 Å². The number of carbonyl (C=O) groups is 4. The predicted molar refractivity (Wildman–Crippen MR) is 118 cm³/mol. The predicted octanol–water partition coefficient (Wildman–Crippen LogP) is 3.22. The lowest BCUT2D eigenvalue weighted by Crippen LogP contribution is -2.19. The summed E-state index contributed by atoms with van der Waals surface area (Å²) in [5.74, 6) is -3.08. The Kier molecular flexibility index (Phi) is 9.49. The van der Waals surface area contributed by atoms with E-state index in [0.29, 0.717) is 19.2 Å². The summed E-state index contributed by atoms with van der Waals surface area (Å²) < 4.78 is 5.29. The van der Waals surface area contributed by atoms with Crippen LogP contribution in [0, 0.1) is 10.7 Å². The second-order valence-electron chi connectivity index (χ2n) is 5.00. The topological polar surface area (TPSA) is 130 Å². The molecule has 0 saturated carbocycles. The molecular weight excluding hydrogens is 687 g/mol. The quantitative estimate of drug-likeness (QED) is 0.265. The number of ketones is 1. The number of carbonyl (C=O) groups excluding carboxylic acids is 2. The third-order valence-electron chi connectivity index (χ3n) is 3.27. The molecular formula is C15H14I3NO7. The Labute approximate surface area is 189 Å². The Bertz CT molecular complexity index is 723. The minimum Gasteiger partial charge on any atom is -0.478 e. The minimum atomic E-state index is -1.25. The Morgan fingerprint density at radius 2 is 1.42 bits per heavy atom. The zero-order valence-electron chi connectivity index (χ0n) is 13.4. The summed E-state index contributed by atoms with van der Waals surface area (Å²) in [7, 11) is 1.27. The second-order valence-corrected chi connectivity index (χ2v) is 8.24. The SMILES string of the molecule is COC(=O)CCCC(=O)CNc1c(I)c(C(=O)O)c(I)c(C(=O)O)c1I. The van der Waals surface area contributed by atoms with Crippen LogP contribution < -0.4 is 5.32 Å². The van der Waals surface area contributed by atoms with E-state index in [0.717, 1.165) is 0 Å². The van der Waals surface area contributed by atoms with Crippen molar-refractivity contribution in [3.05, 3.63) is 21.8 Å². The van der Waals surface area contributed by atoms with Crippen LogP contribution in [0.2, 0.25) is 0 Å². The number of halogens is 3. The third kappa shape index (κ3) is 5.90. The zero-order valence-corrected chi connectivity index (χ0v) is 19.9. The van der Waals surface area contributed by atoms with Gasteiger partial charge in [0, 0.05) is 16.4 Å². The summed E-state index contributed by atoms with van der Waals surface area (Å²) >= 11 is 5.34. The van der Waals surface area contributed by atoms with E-state index in [1.165, 1.54) is 7.11 Å². The number of carboxylic acid groups (broad SMARTS) is 2. The highest BCUT2D eigenvalue weighted by atomic mass is 127. The molecule has 11 heteroatoms. The molecule has 0 atom stereocenters. The Balaban J connectivity index is 3.02. The molecule has 0 aromatic heterocycles. The lowest BCUT2D eigenvalue weighted by Gasteiger charge is -2.16. The Hall–Kier alpha value is -0.710. The van der Waals surface area contributed by atoms with Crippen molar-refractivity contribution in [1.82, 2.24) is 0 Å². The second kappa shape index (κ2) is 10.6. The number of rotatable bonds is 9. The number of nitrogens with one attached hydrogen (secondary N) is 1. The van der Waals surface area contributed by atoms with Crippen LogP contribution in [0.4, 0.5) is 5.69 Å². The number of Topliss-reactive ketones (excluding diaryl/α,β-unsaturated/α-hetero) is 1. The molecule has 8 nitrogen and oxygen atoms in total.